The predicted octanol–water partition coefficient (Wildman–Crippen LogP) is 4.76. The highest BCUT2D eigenvalue weighted by atomic mass is 32.2. The summed E-state index contributed by atoms with van der Waals surface area (Å²) in [5.41, 5.74) is 0.129. The molecule has 0 amide bonds. The van der Waals surface area contributed by atoms with Gasteiger partial charge in [-0.3, -0.25) is 4.72 Å². The van der Waals surface area contributed by atoms with E-state index in [2.05, 4.69) is 4.72 Å². The van der Waals surface area contributed by atoms with E-state index in [1.54, 1.807) is 6.07 Å². The minimum absolute atomic E-state index is 0.129. The number of alkyl halides is 6. The largest absolute Gasteiger partial charge is 0.414 e. The van der Waals surface area contributed by atoms with Gasteiger partial charge in [-0.1, -0.05) is 43.5 Å². The summed E-state index contributed by atoms with van der Waals surface area (Å²) in [5.74, 6) is 0.129. The second-order valence-corrected chi connectivity index (χ2v) is 6.39. The molecule has 0 aliphatic rings. The van der Waals surface area contributed by atoms with Gasteiger partial charge >= 0.3 is 12.4 Å². The van der Waals surface area contributed by atoms with Crippen LogP contribution >= 0.6 is 11.9 Å². The molecule has 0 saturated heterocycles. The van der Waals surface area contributed by atoms with Crippen LogP contribution in [0.15, 0.2) is 24.3 Å². The van der Waals surface area contributed by atoms with E-state index in [1.807, 2.05) is 6.92 Å². The molecule has 0 aliphatic heterocycles. The Kier molecular flexibility index (Phi) is 11.9. The van der Waals surface area contributed by atoms with Gasteiger partial charge in [0.15, 0.2) is 6.10 Å². The second-order valence-electron chi connectivity index (χ2n) is 5.46. The van der Waals surface area contributed by atoms with Crippen LogP contribution < -0.4 is 4.72 Å². The molecule has 0 aromatic heterocycles. The van der Waals surface area contributed by atoms with Gasteiger partial charge < -0.3 is 10.2 Å². The number of nitrogens with one attached hydrogen (secondary N) is 1. The molecule has 3 nitrogen and oxygen atoms in total. The van der Waals surface area contributed by atoms with E-state index >= 15 is 0 Å². The molecule has 0 bridgehead atoms. The average Bonchev–Trinajstić information content (AvgIpc) is 2.57. The smallest absolute Gasteiger partial charge is 0.387 e. The summed E-state index contributed by atoms with van der Waals surface area (Å²) in [6.45, 7) is 0.273. The third-order valence-electron chi connectivity index (χ3n) is 3.12. The van der Waals surface area contributed by atoms with Crippen molar-refractivity contribution in [2.24, 2.45) is 0 Å². The number of unbranched alkanes of at least 4 members (excludes halogenated alkanes) is 1. The maximum Gasteiger partial charge on any atom is 0.414 e. The SMILES string of the molecule is CCCCSNC(CC(O)C(F)(F)F)c1ccccc1F.OCC(F)(F)F. The van der Waals surface area contributed by atoms with Gasteiger partial charge in [-0.15, -0.1) is 0 Å². The van der Waals surface area contributed by atoms with Crippen molar-refractivity contribution in [2.45, 2.75) is 50.7 Å². The highest BCUT2D eigenvalue weighted by Gasteiger charge is 2.40. The normalized spacial score (nSPS) is 14.3. The van der Waals surface area contributed by atoms with Crippen LogP contribution in [0.25, 0.3) is 0 Å². The van der Waals surface area contributed by atoms with Crippen molar-refractivity contribution in [3.8, 4) is 0 Å². The number of hydrogen-bond donors (Lipinski definition) is 3. The summed E-state index contributed by atoms with van der Waals surface area (Å²) in [4.78, 5) is 0. The van der Waals surface area contributed by atoms with Crippen LogP contribution in [0.1, 0.15) is 37.8 Å². The molecule has 0 spiro atoms. The molecule has 11 heteroatoms. The molecule has 1 rings (SSSR count). The number of aliphatic hydroxyl groups is 2. The predicted molar refractivity (Wildman–Crippen MR) is 89.5 cm³/mol. The van der Waals surface area contributed by atoms with Gasteiger partial charge in [0.2, 0.25) is 0 Å². The number of aliphatic hydroxyl groups excluding tert-OH is 2. The summed E-state index contributed by atoms with van der Waals surface area (Å²) in [5, 5.41) is 16.5. The first-order valence-corrected chi connectivity index (χ1v) is 8.95. The number of hydrogen-bond acceptors (Lipinski definition) is 4. The van der Waals surface area contributed by atoms with Crippen molar-refractivity contribution in [2.75, 3.05) is 12.4 Å². The van der Waals surface area contributed by atoms with Gasteiger partial charge in [-0.2, -0.15) is 26.3 Å². The van der Waals surface area contributed by atoms with Gasteiger partial charge in [0, 0.05) is 23.8 Å². The van der Waals surface area contributed by atoms with E-state index in [1.165, 1.54) is 30.1 Å². The second kappa shape index (κ2) is 12.4. The Morgan fingerprint density at radius 2 is 1.67 bits per heavy atom. The quantitative estimate of drug-likeness (QED) is 0.319. The monoisotopic (exact) mass is 425 g/mol. The molecule has 27 heavy (non-hydrogen) atoms. The molecule has 0 saturated carbocycles. The van der Waals surface area contributed by atoms with Crippen molar-refractivity contribution in [3.05, 3.63) is 35.6 Å². The first-order chi connectivity index (χ1) is 12.4. The summed E-state index contributed by atoms with van der Waals surface area (Å²) >= 11 is 1.25. The molecule has 1 aromatic carbocycles. The van der Waals surface area contributed by atoms with Crippen LogP contribution in [0.4, 0.5) is 30.7 Å². The van der Waals surface area contributed by atoms with Crippen LogP contribution in [0.5, 0.6) is 0 Å². The van der Waals surface area contributed by atoms with E-state index < -0.39 is 43.3 Å². The first-order valence-electron chi connectivity index (χ1n) is 7.96. The fourth-order valence-corrected chi connectivity index (χ4v) is 2.70. The summed E-state index contributed by atoms with van der Waals surface area (Å²) in [6.07, 6.45) is -10.3. The lowest BCUT2D eigenvalue weighted by Gasteiger charge is -2.23. The Bertz CT molecular complexity index is 526. The van der Waals surface area contributed by atoms with Gasteiger partial charge in [-0.25, -0.2) is 4.39 Å². The van der Waals surface area contributed by atoms with E-state index in [0.29, 0.717) is 5.75 Å². The van der Waals surface area contributed by atoms with Gasteiger partial charge in [0.05, 0.1) is 0 Å². The summed E-state index contributed by atoms with van der Waals surface area (Å²) < 4.78 is 85.7. The van der Waals surface area contributed by atoms with Crippen LogP contribution in [0, 0.1) is 5.82 Å². The molecular weight excluding hydrogens is 403 g/mol. The molecular formula is C16H22F7NO2S. The molecule has 0 fully saturated rings. The number of rotatable bonds is 8. The fraction of sp³-hybridized carbons (Fsp3) is 0.625. The highest BCUT2D eigenvalue weighted by Crippen LogP contribution is 2.30. The highest BCUT2D eigenvalue weighted by molar-refractivity contribution is 7.97. The lowest BCUT2D eigenvalue weighted by molar-refractivity contribution is -0.206. The van der Waals surface area contributed by atoms with Crippen LogP contribution in [-0.2, 0) is 0 Å². The Morgan fingerprint density at radius 1 is 1.11 bits per heavy atom. The maximum absolute atomic E-state index is 13.7. The van der Waals surface area contributed by atoms with Gasteiger partial charge in [-0.05, 0) is 12.5 Å². The van der Waals surface area contributed by atoms with Crippen molar-refractivity contribution >= 4 is 11.9 Å². The molecule has 0 heterocycles. The molecule has 158 valence electrons. The number of benzene rings is 1. The number of halogens is 7. The Morgan fingerprint density at radius 3 is 2.11 bits per heavy atom. The molecule has 1 aromatic rings. The van der Waals surface area contributed by atoms with Crippen molar-refractivity contribution in [1.82, 2.24) is 4.72 Å². The van der Waals surface area contributed by atoms with Crippen LogP contribution in [0.2, 0.25) is 0 Å². The van der Waals surface area contributed by atoms with E-state index in [-0.39, 0.29) is 5.56 Å². The standard InChI is InChI=1S/C14H19F4NOS.C2H3F3O/c1-2-3-8-21-19-12(9-13(20)14(16,17)18)10-6-4-5-7-11(10)15;3-2(4,5)1-6/h4-7,12-13,19-20H,2-3,8-9H2,1H3;6H,1H2. The van der Waals surface area contributed by atoms with Crippen molar-refractivity contribution in [3.63, 3.8) is 0 Å². The molecule has 2 atom stereocenters. The van der Waals surface area contributed by atoms with E-state index in [9.17, 15) is 35.8 Å². The zero-order chi connectivity index (χ0) is 21.1. The Labute approximate surface area is 157 Å². The van der Waals surface area contributed by atoms with Gasteiger partial charge in [0.1, 0.15) is 12.4 Å². The topological polar surface area (TPSA) is 52.5 Å². The third kappa shape index (κ3) is 12.1. The Balaban J connectivity index is 0.000000972. The third-order valence-corrected chi connectivity index (χ3v) is 4.07. The lowest BCUT2D eigenvalue weighted by Crippen LogP contribution is -2.33. The van der Waals surface area contributed by atoms with Crippen molar-refractivity contribution in [1.29, 1.82) is 0 Å². The maximum atomic E-state index is 13.7. The van der Waals surface area contributed by atoms with E-state index in [4.69, 9.17) is 5.11 Å². The van der Waals surface area contributed by atoms with E-state index in [0.717, 1.165) is 12.8 Å². The lowest BCUT2D eigenvalue weighted by atomic mass is 10.0. The molecule has 3 N–H and O–H groups in total. The summed E-state index contributed by atoms with van der Waals surface area (Å²) in [7, 11) is 0. The minimum Gasteiger partial charge on any atom is -0.387 e. The van der Waals surface area contributed by atoms with Crippen molar-refractivity contribution < 1.29 is 40.9 Å². The van der Waals surface area contributed by atoms with Gasteiger partial charge in [0.25, 0.3) is 0 Å². The fourth-order valence-electron chi connectivity index (χ4n) is 1.73. The zero-order valence-electron chi connectivity index (χ0n) is 14.4. The molecule has 0 aliphatic carbocycles. The van der Waals surface area contributed by atoms with Crippen LogP contribution in [-0.4, -0.2) is 41.0 Å². The molecule has 0 radical (unpaired) electrons. The first kappa shape index (κ1) is 26.0. The molecule has 2 unspecified atom stereocenters. The average molecular weight is 425 g/mol. The zero-order valence-corrected chi connectivity index (χ0v) is 15.3. The summed E-state index contributed by atoms with van der Waals surface area (Å²) in [6, 6.07) is 4.76. The Hall–Kier alpha value is -1.04. The minimum atomic E-state index is -4.71. The van der Waals surface area contributed by atoms with Crippen LogP contribution in [0.3, 0.4) is 0 Å².